The van der Waals surface area contributed by atoms with E-state index in [-0.39, 0.29) is 22.8 Å². The van der Waals surface area contributed by atoms with Crippen LogP contribution in [0.2, 0.25) is 5.02 Å². The van der Waals surface area contributed by atoms with Gasteiger partial charge < -0.3 is 10.5 Å². The molecule has 2 atom stereocenters. The van der Waals surface area contributed by atoms with Crippen molar-refractivity contribution in [1.82, 2.24) is 0 Å². The number of hydrogen-bond donors (Lipinski definition) is 1. The molecule has 4 heteroatoms. The minimum Gasteiger partial charge on any atom is -0.493 e. The molecule has 1 aliphatic heterocycles. The van der Waals surface area contributed by atoms with Crippen LogP contribution < -0.4 is 10.5 Å². The van der Waals surface area contributed by atoms with Gasteiger partial charge in [0.15, 0.2) is 0 Å². The molecule has 2 nitrogen and oxygen atoms in total. The summed E-state index contributed by atoms with van der Waals surface area (Å²) < 4.78 is 19.6. The predicted molar refractivity (Wildman–Crippen MR) is 77.8 cm³/mol. The summed E-state index contributed by atoms with van der Waals surface area (Å²) in [6.45, 7) is 0.544. The van der Waals surface area contributed by atoms with Crippen LogP contribution in [0.5, 0.6) is 5.75 Å². The molecule has 2 aromatic carbocycles. The summed E-state index contributed by atoms with van der Waals surface area (Å²) >= 11 is 5.80. The van der Waals surface area contributed by atoms with Crippen molar-refractivity contribution in [2.75, 3.05) is 6.61 Å². The van der Waals surface area contributed by atoms with E-state index in [2.05, 4.69) is 0 Å². The van der Waals surface area contributed by atoms with E-state index in [9.17, 15) is 4.39 Å². The van der Waals surface area contributed by atoms with Gasteiger partial charge in [-0.2, -0.15) is 0 Å². The highest BCUT2D eigenvalue weighted by molar-refractivity contribution is 6.30. The van der Waals surface area contributed by atoms with Crippen LogP contribution in [0.4, 0.5) is 4.39 Å². The van der Waals surface area contributed by atoms with Gasteiger partial charge >= 0.3 is 0 Å². The summed E-state index contributed by atoms with van der Waals surface area (Å²) in [5.74, 6) is 0.584. The van der Waals surface area contributed by atoms with Crippen molar-refractivity contribution in [2.24, 2.45) is 5.73 Å². The maximum absolute atomic E-state index is 13.9. The smallest absolute Gasteiger partial charge is 0.145 e. The normalized spacial score (nSPS) is 18.4. The molecule has 1 aliphatic rings. The molecule has 2 unspecified atom stereocenters. The Morgan fingerprint density at radius 1 is 1.25 bits per heavy atom. The van der Waals surface area contributed by atoms with Gasteiger partial charge in [-0.3, -0.25) is 0 Å². The molecule has 1 heterocycles. The van der Waals surface area contributed by atoms with Gasteiger partial charge in [0.1, 0.15) is 11.6 Å². The van der Waals surface area contributed by atoms with Crippen molar-refractivity contribution in [3.05, 3.63) is 64.4 Å². The van der Waals surface area contributed by atoms with Crippen LogP contribution in [0.3, 0.4) is 0 Å². The summed E-state index contributed by atoms with van der Waals surface area (Å²) in [7, 11) is 0. The third-order valence-corrected chi connectivity index (χ3v) is 4.03. The monoisotopic (exact) mass is 291 g/mol. The van der Waals surface area contributed by atoms with E-state index in [0.29, 0.717) is 18.6 Å². The number of halogens is 2. The van der Waals surface area contributed by atoms with Crippen LogP contribution in [-0.4, -0.2) is 12.6 Å². The maximum atomic E-state index is 13.9. The predicted octanol–water partition coefficient (Wildman–Crippen LogP) is 3.53. The number of nitrogens with two attached hydrogens (primary N) is 1. The van der Waals surface area contributed by atoms with E-state index >= 15 is 0 Å². The fourth-order valence-corrected chi connectivity index (χ4v) is 2.84. The summed E-state index contributed by atoms with van der Waals surface area (Å²) in [6.07, 6.45) is 0.439. The average molecular weight is 292 g/mol. The second kappa shape index (κ2) is 5.43. The highest BCUT2D eigenvalue weighted by Gasteiger charge is 2.29. The SMILES string of the molecule is NC(Cc1cccc(Cl)c1F)C1COc2ccccc21. The topological polar surface area (TPSA) is 35.2 Å². The number of benzene rings is 2. The lowest BCUT2D eigenvalue weighted by molar-refractivity contribution is 0.313. The van der Waals surface area contributed by atoms with Gasteiger partial charge in [0.05, 0.1) is 11.6 Å². The van der Waals surface area contributed by atoms with Crippen molar-refractivity contribution in [3.63, 3.8) is 0 Å². The average Bonchev–Trinajstić information content (AvgIpc) is 2.88. The van der Waals surface area contributed by atoms with Crippen molar-refractivity contribution >= 4 is 11.6 Å². The van der Waals surface area contributed by atoms with Crippen molar-refractivity contribution in [2.45, 2.75) is 18.4 Å². The fraction of sp³-hybridized carbons (Fsp3) is 0.250. The number of rotatable bonds is 3. The fourth-order valence-electron chi connectivity index (χ4n) is 2.64. The molecule has 0 aromatic heterocycles. The number of fused-ring (bicyclic) bond motifs is 1. The van der Waals surface area contributed by atoms with Gasteiger partial charge in [-0.1, -0.05) is 41.9 Å². The molecule has 0 fully saturated rings. The Balaban J connectivity index is 1.81. The molecule has 3 rings (SSSR count). The first-order valence-corrected chi connectivity index (χ1v) is 6.95. The summed E-state index contributed by atoms with van der Waals surface area (Å²) in [4.78, 5) is 0. The largest absolute Gasteiger partial charge is 0.493 e. The molecule has 104 valence electrons. The zero-order valence-corrected chi connectivity index (χ0v) is 11.6. The van der Waals surface area contributed by atoms with Gasteiger partial charge in [-0.05, 0) is 24.1 Å². The van der Waals surface area contributed by atoms with E-state index < -0.39 is 0 Å². The molecule has 20 heavy (non-hydrogen) atoms. The van der Waals surface area contributed by atoms with Gasteiger partial charge in [0.25, 0.3) is 0 Å². The second-order valence-electron chi connectivity index (χ2n) is 5.04. The Labute approximate surface area is 122 Å². The molecule has 2 N–H and O–H groups in total. The number of hydrogen-bond acceptors (Lipinski definition) is 2. The minimum atomic E-state index is -0.378. The Hall–Kier alpha value is -1.58. The summed E-state index contributed by atoms with van der Waals surface area (Å²) in [5, 5.41) is 0.137. The van der Waals surface area contributed by atoms with Crippen molar-refractivity contribution < 1.29 is 9.13 Å². The van der Waals surface area contributed by atoms with Gasteiger partial charge in [-0.25, -0.2) is 4.39 Å². The third kappa shape index (κ3) is 2.39. The van der Waals surface area contributed by atoms with E-state index in [1.54, 1.807) is 18.2 Å². The van der Waals surface area contributed by atoms with Crippen LogP contribution in [0.1, 0.15) is 17.0 Å². The highest BCUT2D eigenvalue weighted by Crippen LogP contribution is 2.36. The van der Waals surface area contributed by atoms with E-state index in [1.807, 2.05) is 24.3 Å². The quantitative estimate of drug-likeness (QED) is 0.939. The van der Waals surface area contributed by atoms with Gasteiger partial charge in [0.2, 0.25) is 0 Å². The minimum absolute atomic E-state index is 0.0876. The number of para-hydroxylation sites is 1. The zero-order valence-electron chi connectivity index (χ0n) is 10.9. The van der Waals surface area contributed by atoms with Crippen LogP contribution in [0, 0.1) is 5.82 Å². The molecule has 0 bridgehead atoms. The molecular weight excluding hydrogens is 277 g/mol. The maximum Gasteiger partial charge on any atom is 0.145 e. The van der Waals surface area contributed by atoms with Crippen LogP contribution >= 0.6 is 11.6 Å². The Bertz CT molecular complexity index is 632. The molecule has 0 saturated heterocycles. The summed E-state index contributed by atoms with van der Waals surface area (Å²) in [6, 6.07) is 12.7. The first-order chi connectivity index (χ1) is 9.66. The standard InChI is InChI=1S/C16H15ClFNO/c17-13-6-3-4-10(16(13)18)8-14(19)12-9-20-15-7-2-1-5-11(12)15/h1-7,12,14H,8-9,19H2. The lowest BCUT2D eigenvalue weighted by Crippen LogP contribution is -2.32. The van der Waals surface area contributed by atoms with Gasteiger partial charge in [-0.15, -0.1) is 0 Å². The van der Waals surface area contributed by atoms with Crippen molar-refractivity contribution in [3.8, 4) is 5.75 Å². The Kier molecular flexibility index (Phi) is 3.64. The van der Waals surface area contributed by atoms with Crippen LogP contribution in [-0.2, 0) is 6.42 Å². The number of ether oxygens (including phenoxy) is 1. The molecule has 0 radical (unpaired) electrons. The van der Waals surface area contributed by atoms with Crippen LogP contribution in [0.15, 0.2) is 42.5 Å². The molecule has 0 aliphatic carbocycles. The molecular formula is C16H15ClFNO. The first kappa shape index (κ1) is 13.4. The third-order valence-electron chi connectivity index (χ3n) is 3.74. The highest BCUT2D eigenvalue weighted by atomic mass is 35.5. The molecule has 0 spiro atoms. The first-order valence-electron chi connectivity index (χ1n) is 6.57. The van der Waals surface area contributed by atoms with E-state index in [0.717, 1.165) is 11.3 Å². The lowest BCUT2D eigenvalue weighted by Gasteiger charge is -2.18. The molecule has 0 amide bonds. The second-order valence-corrected chi connectivity index (χ2v) is 5.44. The summed E-state index contributed by atoms with van der Waals surface area (Å²) in [5.41, 5.74) is 7.90. The van der Waals surface area contributed by atoms with E-state index in [4.69, 9.17) is 22.1 Å². The molecule has 2 aromatic rings. The lowest BCUT2D eigenvalue weighted by atomic mass is 9.89. The Morgan fingerprint density at radius 2 is 2.05 bits per heavy atom. The van der Waals surface area contributed by atoms with Crippen LogP contribution in [0.25, 0.3) is 0 Å². The Morgan fingerprint density at radius 3 is 2.90 bits per heavy atom. The van der Waals surface area contributed by atoms with Gasteiger partial charge in [0, 0.05) is 17.5 Å². The molecule has 0 saturated carbocycles. The van der Waals surface area contributed by atoms with E-state index in [1.165, 1.54) is 0 Å². The van der Waals surface area contributed by atoms with Crippen molar-refractivity contribution in [1.29, 1.82) is 0 Å². The zero-order chi connectivity index (χ0) is 14.1.